The third kappa shape index (κ3) is 3.47. The fourth-order valence-corrected chi connectivity index (χ4v) is 3.46. The molecule has 0 bridgehead atoms. The van der Waals surface area contributed by atoms with Gasteiger partial charge in [-0.1, -0.05) is 41.7 Å². The molecule has 0 aliphatic rings. The Morgan fingerprint density at radius 3 is 2.71 bits per heavy atom. The van der Waals surface area contributed by atoms with E-state index in [1.54, 1.807) is 14.0 Å². The molecule has 0 unspecified atom stereocenters. The van der Waals surface area contributed by atoms with Crippen LogP contribution in [0.2, 0.25) is 0 Å². The van der Waals surface area contributed by atoms with Crippen LogP contribution in [0, 0.1) is 17.0 Å². The van der Waals surface area contributed by atoms with Crippen molar-refractivity contribution in [3.63, 3.8) is 0 Å². The van der Waals surface area contributed by atoms with Crippen molar-refractivity contribution < 1.29 is 4.92 Å². The molecule has 0 amide bonds. The summed E-state index contributed by atoms with van der Waals surface area (Å²) in [5.41, 5.74) is 1.76. The van der Waals surface area contributed by atoms with Crippen molar-refractivity contribution in [3.8, 4) is 10.7 Å². The van der Waals surface area contributed by atoms with E-state index in [0.717, 1.165) is 5.56 Å². The van der Waals surface area contributed by atoms with Gasteiger partial charge in [-0.05, 0) is 12.5 Å². The Morgan fingerprint density at radius 2 is 1.96 bits per heavy atom. The third-order valence-electron chi connectivity index (χ3n) is 4.18. The molecule has 28 heavy (non-hydrogen) atoms. The molecule has 3 heterocycles. The lowest BCUT2D eigenvalue weighted by molar-refractivity contribution is -0.384. The van der Waals surface area contributed by atoms with Gasteiger partial charge in [0.15, 0.2) is 10.8 Å². The number of nitro groups is 1. The van der Waals surface area contributed by atoms with Crippen molar-refractivity contribution in [1.29, 1.82) is 0 Å². The van der Waals surface area contributed by atoms with Gasteiger partial charge in [0.05, 0.1) is 11.5 Å². The van der Waals surface area contributed by atoms with Gasteiger partial charge in [-0.2, -0.15) is 10.2 Å². The van der Waals surface area contributed by atoms with Crippen molar-refractivity contribution >= 4 is 28.0 Å². The van der Waals surface area contributed by atoms with Crippen LogP contribution in [-0.2, 0) is 13.6 Å². The fraction of sp³-hybridized carbons (Fsp3) is 0.176. The summed E-state index contributed by atoms with van der Waals surface area (Å²) < 4.78 is 3.28. The summed E-state index contributed by atoms with van der Waals surface area (Å²) in [4.78, 5) is 10.9. The molecule has 1 aromatic carbocycles. The van der Waals surface area contributed by atoms with Gasteiger partial charge in [-0.3, -0.25) is 19.5 Å². The van der Waals surface area contributed by atoms with E-state index >= 15 is 0 Å². The Hall–Kier alpha value is -3.60. The van der Waals surface area contributed by atoms with Crippen LogP contribution < -0.4 is 5.32 Å². The standard InChI is InChI=1S/C17H16N8O2S/c1-11-15(25(26)27)14(22-23(11)2)16-19-20-17(28-16)18-13-8-9-24(21-13)10-12-6-4-3-5-7-12/h3-9H,10H2,1-2H3,(H,18,20,21). The number of rotatable bonds is 6. The van der Waals surface area contributed by atoms with E-state index < -0.39 is 4.92 Å². The molecule has 0 spiro atoms. The Morgan fingerprint density at radius 1 is 1.18 bits per heavy atom. The molecular formula is C17H16N8O2S. The number of anilines is 2. The van der Waals surface area contributed by atoms with Gasteiger partial charge in [-0.15, -0.1) is 10.2 Å². The lowest BCUT2D eigenvalue weighted by Crippen LogP contribution is -2.01. The second-order valence-electron chi connectivity index (χ2n) is 6.08. The molecule has 0 saturated carbocycles. The molecule has 0 fully saturated rings. The molecule has 3 aromatic heterocycles. The summed E-state index contributed by atoms with van der Waals surface area (Å²) in [6.45, 7) is 2.30. The van der Waals surface area contributed by atoms with Crippen LogP contribution in [0.1, 0.15) is 11.3 Å². The average Bonchev–Trinajstić information content (AvgIpc) is 3.37. The van der Waals surface area contributed by atoms with Gasteiger partial charge in [-0.25, -0.2) is 0 Å². The van der Waals surface area contributed by atoms with E-state index in [4.69, 9.17) is 0 Å². The first-order valence-corrected chi connectivity index (χ1v) is 9.19. The van der Waals surface area contributed by atoms with Crippen LogP contribution in [0.4, 0.5) is 16.6 Å². The summed E-state index contributed by atoms with van der Waals surface area (Å²) in [7, 11) is 1.66. The molecule has 4 rings (SSSR count). The van der Waals surface area contributed by atoms with Gasteiger partial charge in [0.1, 0.15) is 5.69 Å². The van der Waals surface area contributed by atoms with Crippen LogP contribution in [0.15, 0.2) is 42.6 Å². The number of nitrogens with zero attached hydrogens (tertiary/aromatic N) is 7. The molecule has 0 aliphatic heterocycles. The van der Waals surface area contributed by atoms with E-state index in [1.165, 1.54) is 16.0 Å². The minimum absolute atomic E-state index is 0.0580. The van der Waals surface area contributed by atoms with Gasteiger partial charge in [0.25, 0.3) is 0 Å². The van der Waals surface area contributed by atoms with E-state index in [9.17, 15) is 10.1 Å². The zero-order valence-corrected chi connectivity index (χ0v) is 15.9. The first-order chi connectivity index (χ1) is 13.5. The molecule has 4 aromatic rings. The smallest absolute Gasteiger partial charge is 0.313 e. The van der Waals surface area contributed by atoms with Crippen LogP contribution in [0.3, 0.4) is 0 Å². The van der Waals surface area contributed by atoms with Gasteiger partial charge < -0.3 is 5.32 Å². The second-order valence-corrected chi connectivity index (χ2v) is 7.06. The predicted octanol–water partition coefficient (Wildman–Crippen LogP) is 3.14. The second kappa shape index (κ2) is 7.19. The molecular weight excluding hydrogens is 380 g/mol. The maximum Gasteiger partial charge on any atom is 0.320 e. The maximum absolute atomic E-state index is 11.4. The van der Waals surface area contributed by atoms with E-state index in [0.29, 0.717) is 28.2 Å². The molecule has 0 saturated heterocycles. The Labute approximate surface area is 163 Å². The fourth-order valence-electron chi connectivity index (χ4n) is 2.73. The predicted molar refractivity (Wildman–Crippen MR) is 105 cm³/mol. The van der Waals surface area contributed by atoms with Crippen molar-refractivity contribution in [3.05, 3.63) is 64.0 Å². The topological polar surface area (TPSA) is 117 Å². The molecule has 1 N–H and O–H groups in total. The highest BCUT2D eigenvalue weighted by molar-refractivity contribution is 7.18. The summed E-state index contributed by atoms with van der Waals surface area (Å²) >= 11 is 1.18. The minimum atomic E-state index is -0.447. The molecule has 10 nitrogen and oxygen atoms in total. The Kier molecular flexibility index (Phi) is 4.57. The summed E-state index contributed by atoms with van der Waals surface area (Å²) in [5, 5.41) is 32.1. The number of aryl methyl sites for hydroxylation is 1. The minimum Gasteiger partial charge on any atom is -0.313 e. The zero-order valence-electron chi connectivity index (χ0n) is 15.1. The highest BCUT2D eigenvalue weighted by atomic mass is 32.1. The third-order valence-corrected chi connectivity index (χ3v) is 5.02. The normalized spacial score (nSPS) is 10.9. The Balaban J connectivity index is 1.52. The zero-order chi connectivity index (χ0) is 19.7. The van der Waals surface area contributed by atoms with E-state index in [2.05, 4.69) is 25.7 Å². The van der Waals surface area contributed by atoms with Gasteiger partial charge in [0, 0.05) is 19.3 Å². The van der Waals surface area contributed by atoms with Crippen molar-refractivity contribution in [2.24, 2.45) is 7.05 Å². The largest absolute Gasteiger partial charge is 0.320 e. The van der Waals surface area contributed by atoms with E-state index in [1.807, 2.05) is 47.3 Å². The van der Waals surface area contributed by atoms with Crippen molar-refractivity contribution in [2.75, 3.05) is 5.32 Å². The van der Waals surface area contributed by atoms with Crippen LogP contribution in [0.25, 0.3) is 10.7 Å². The first kappa shape index (κ1) is 17.8. The monoisotopic (exact) mass is 396 g/mol. The number of hydrogen-bond donors (Lipinski definition) is 1. The van der Waals surface area contributed by atoms with E-state index in [-0.39, 0.29) is 11.4 Å². The first-order valence-electron chi connectivity index (χ1n) is 8.37. The number of benzene rings is 1. The quantitative estimate of drug-likeness (QED) is 0.393. The van der Waals surface area contributed by atoms with Gasteiger partial charge in [0.2, 0.25) is 10.8 Å². The van der Waals surface area contributed by atoms with Crippen LogP contribution in [-0.4, -0.2) is 34.7 Å². The lowest BCUT2D eigenvalue weighted by atomic mass is 10.2. The molecule has 0 aliphatic carbocycles. The highest BCUT2D eigenvalue weighted by Gasteiger charge is 2.27. The van der Waals surface area contributed by atoms with Crippen molar-refractivity contribution in [1.82, 2.24) is 29.8 Å². The maximum atomic E-state index is 11.4. The summed E-state index contributed by atoms with van der Waals surface area (Å²) in [5.74, 6) is 0.616. The van der Waals surface area contributed by atoms with Crippen molar-refractivity contribution in [2.45, 2.75) is 13.5 Å². The number of nitrogens with one attached hydrogen (secondary N) is 1. The Bertz CT molecular complexity index is 1130. The highest BCUT2D eigenvalue weighted by Crippen LogP contribution is 2.35. The molecule has 11 heteroatoms. The lowest BCUT2D eigenvalue weighted by Gasteiger charge is -2.01. The summed E-state index contributed by atoms with van der Waals surface area (Å²) in [6, 6.07) is 11.8. The molecule has 0 radical (unpaired) electrons. The van der Waals surface area contributed by atoms with Gasteiger partial charge >= 0.3 is 5.69 Å². The average molecular weight is 396 g/mol. The summed E-state index contributed by atoms with van der Waals surface area (Å²) in [6.07, 6.45) is 1.87. The molecule has 142 valence electrons. The van der Waals surface area contributed by atoms with Crippen LogP contribution >= 0.6 is 11.3 Å². The number of hydrogen-bond acceptors (Lipinski definition) is 8. The number of aromatic nitrogens is 6. The van der Waals surface area contributed by atoms with Crippen LogP contribution in [0.5, 0.6) is 0 Å². The SMILES string of the molecule is Cc1c([N+](=O)[O-])c(-c2nnc(Nc3ccn(Cc4ccccc4)n3)s2)nn1C. The molecule has 0 atom stereocenters.